The number of anilines is 1. The van der Waals surface area contributed by atoms with Crippen LogP contribution in [0.1, 0.15) is 25.8 Å². The third-order valence-corrected chi connectivity index (χ3v) is 3.99. The minimum Gasteiger partial charge on any atom is -0.489 e. The Morgan fingerprint density at radius 3 is 2.89 bits per heavy atom. The summed E-state index contributed by atoms with van der Waals surface area (Å²) >= 11 is 1.59. The fourth-order valence-electron chi connectivity index (χ4n) is 1.88. The molecular formula is C14H20N2OS. The fourth-order valence-corrected chi connectivity index (χ4v) is 2.69. The molecule has 1 aliphatic heterocycles. The molecule has 1 fully saturated rings. The second-order valence-electron chi connectivity index (χ2n) is 4.61. The van der Waals surface area contributed by atoms with Crippen molar-refractivity contribution in [3.8, 4) is 5.75 Å². The molecular weight excluding hydrogens is 244 g/mol. The van der Waals surface area contributed by atoms with Gasteiger partial charge in [-0.05, 0) is 38.0 Å². The Kier molecular flexibility index (Phi) is 4.17. The molecule has 0 saturated carbocycles. The normalized spacial score (nSPS) is 17.1. The van der Waals surface area contributed by atoms with Crippen molar-refractivity contribution < 1.29 is 4.74 Å². The predicted molar refractivity (Wildman–Crippen MR) is 79.1 cm³/mol. The molecule has 0 radical (unpaired) electrons. The highest BCUT2D eigenvalue weighted by molar-refractivity contribution is 8.14. The Morgan fingerprint density at radius 1 is 1.50 bits per heavy atom. The van der Waals surface area contributed by atoms with Crippen LogP contribution >= 0.6 is 11.8 Å². The monoisotopic (exact) mass is 264 g/mol. The van der Waals surface area contributed by atoms with E-state index in [2.05, 4.69) is 32.9 Å². The van der Waals surface area contributed by atoms with E-state index in [1.165, 1.54) is 5.56 Å². The third-order valence-electron chi connectivity index (χ3n) is 3.11. The summed E-state index contributed by atoms with van der Waals surface area (Å²) in [5, 5.41) is 8.59. The van der Waals surface area contributed by atoms with Gasteiger partial charge in [0.1, 0.15) is 5.75 Å². The molecule has 2 rings (SSSR count). The van der Waals surface area contributed by atoms with Crippen LogP contribution < -0.4 is 9.64 Å². The number of nitrogens with zero attached hydrogens (tertiary/aromatic N) is 1. The van der Waals surface area contributed by atoms with Gasteiger partial charge in [0.25, 0.3) is 0 Å². The van der Waals surface area contributed by atoms with E-state index in [0.717, 1.165) is 30.2 Å². The number of rotatable bonds is 4. The van der Waals surface area contributed by atoms with Crippen molar-refractivity contribution in [3.05, 3.63) is 23.8 Å². The Balaban J connectivity index is 2.31. The Bertz CT molecular complexity index is 447. The van der Waals surface area contributed by atoms with E-state index in [0.29, 0.717) is 5.17 Å². The SMILES string of the molecule is CCC(C)Oc1ccc(C)cc1N1CCSC1=N. The van der Waals surface area contributed by atoms with E-state index >= 15 is 0 Å². The number of hydrogen-bond acceptors (Lipinski definition) is 3. The van der Waals surface area contributed by atoms with Crippen molar-refractivity contribution in [1.82, 2.24) is 0 Å². The average Bonchev–Trinajstić information content (AvgIpc) is 2.77. The maximum Gasteiger partial charge on any atom is 0.161 e. The third kappa shape index (κ3) is 2.80. The van der Waals surface area contributed by atoms with E-state index in [4.69, 9.17) is 10.1 Å². The number of nitrogens with one attached hydrogen (secondary N) is 1. The van der Waals surface area contributed by atoms with Crippen LogP contribution in [0.4, 0.5) is 5.69 Å². The van der Waals surface area contributed by atoms with Crippen LogP contribution in [0.25, 0.3) is 0 Å². The molecule has 0 aliphatic carbocycles. The van der Waals surface area contributed by atoms with Gasteiger partial charge >= 0.3 is 0 Å². The van der Waals surface area contributed by atoms with Crippen molar-refractivity contribution in [1.29, 1.82) is 5.41 Å². The van der Waals surface area contributed by atoms with Gasteiger partial charge in [0, 0.05) is 12.3 Å². The molecule has 98 valence electrons. The molecule has 1 heterocycles. The number of aryl methyl sites for hydroxylation is 1. The van der Waals surface area contributed by atoms with Gasteiger partial charge in [-0.15, -0.1) is 0 Å². The molecule has 1 aromatic carbocycles. The van der Waals surface area contributed by atoms with E-state index in [9.17, 15) is 0 Å². The summed E-state index contributed by atoms with van der Waals surface area (Å²) < 4.78 is 5.96. The molecule has 4 heteroatoms. The summed E-state index contributed by atoms with van der Waals surface area (Å²) in [6, 6.07) is 6.19. The van der Waals surface area contributed by atoms with Crippen molar-refractivity contribution in [3.63, 3.8) is 0 Å². The lowest BCUT2D eigenvalue weighted by Gasteiger charge is -2.23. The molecule has 0 amide bonds. The van der Waals surface area contributed by atoms with E-state index in [1.807, 2.05) is 11.0 Å². The van der Waals surface area contributed by atoms with Crippen LogP contribution in [-0.4, -0.2) is 23.6 Å². The summed E-state index contributed by atoms with van der Waals surface area (Å²) in [5.74, 6) is 1.87. The van der Waals surface area contributed by atoms with E-state index in [-0.39, 0.29) is 6.10 Å². The average molecular weight is 264 g/mol. The van der Waals surface area contributed by atoms with Crippen molar-refractivity contribution >= 4 is 22.6 Å². The highest BCUT2D eigenvalue weighted by Crippen LogP contribution is 2.34. The summed E-state index contributed by atoms with van der Waals surface area (Å²) in [6.07, 6.45) is 1.19. The van der Waals surface area contributed by atoms with Gasteiger partial charge in [-0.2, -0.15) is 0 Å². The van der Waals surface area contributed by atoms with Crippen LogP contribution in [0.2, 0.25) is 0 Å². The lowest BCUT2D eigenvalue weighted by atomic mass is 10.2. The Labute approximate surface area is 113 Å². The molecule has 0 aromatic heterocycles. The van der Waals surface area contributed by atoms with Crippen molar-refractivity contribution in [2.24, 2.45) is 0 Å². The minimum atomic E-state index is 0.205. The fraction of sp³-hybridized carbons (Fsp3) is 0.500. The molecule has 1 unspecified atom stereocenters. The molecule has 18 heavy (non-hydrogen) atoms. The zero-order chi connectivity index (χ0) is 13.1. The Morgan fingerprint density at radius 2 is 2.28 bits per heavy atom. The van der Waals surface area contributed by atoms with Gasteiger partial charge < -0.3 is 9.64 Å². The molecule has 0 bridgehead atoms. The molecule has 1 N–H and O–H groups in total. The van der Waals surface area contributed by atoms with Crippen LogP contribution in [0.3, 0.4) is 0 Å². The van der Waals surface area contributed by atoms with Crippen LogP contribution in [-0.2, 0) is 0 Å². The van der Waals surface area contributed by atoms with Gasteiger partial charge in [0.05, 0.1) is 11.8 Å². The van der Waals surface area contributed by atoms with Gasteiger partial charge in [-0.1, -0.05) is 24.8 Å². The van der Waals surface area contributed by atoms with Crippen molar-refractivity contribution in [2.75, 3.05) is 17.2 Å². The number of amidine groups is 1. The van der Waals surface area contributed by atoms with Gasteiger partial charge in [-0.25, -0.2) is 0 Å². The zero-order valence-electron chi connectivity index (χ0n) is 11.2. The molecule has 1 aliphatic rings. The highest BCUT2D eigenvalue weighted by Gasteiger charge is 2.23. The smallest absolute Gasteiger partial charge is 0.161 e. The van der Waals surface area contributed by atoms with E-state index in [1.54, 1.807) is 11.8 Å². The molecule has 1 aromatic rings. The summed E-state index contributed by atoms with van der Waals surface area (Å²) in [6.45, 7) is 7.16. The first-order valence-corrected chi connectivity index (χ1v) is 7.36. The quantitative estimate of drug-likeness (QED) is 0.901. The zero-order valence-corrected chi connectivity index (χ0v) is 12.0. The molecule has 0 spiro atoms. The lowest BCUT2D eigenvalue weighted by Crippen LogP contribution is -2.24. The molecule has 3 nitrogen and oxygen atoms in total. The number of thioether (sulfide) groups is 1. The summed E-state index contributed by atoms with van der Waals surface area (Å²) in [4.78, 5) is 2.04. The first-order chi connectivity index (χ1) is 8.61. The first-order valence-electron chi connectivity index (χ1n) is 6.38. The lowest BCUT2D eigenvalue weighted by molar-refractivity contribution is 0.218. The maximum absolute atomic E-state index is 7.97. The largest absolute Gasteiger partial charge is 0.489 e. The van der Waals surface area contributed by atoms with Crippen molar-refractivity contribution in [2.45, 2.75) is 33.3 Å². The first kappa shape index (κ1) is 13.3. The molecule has 1 saturated heterocycles. The second kappa shape index (κ2) is 5.65. The number of benzene rings is 1. The van der Waals surface area contributed by atoms with Gasteiger partial charge in [-0.3, -0.25) is 5.41 Å². The summed E-state index contributed by atoms with van der Waals surface area (Å²) in [7, 11) is 0. The van der Waals surface area contributed by atoms with Crippen LogP contribution in [0.5, 0.6) is 5.75 Å². The second-order valence-corrected chi connectivity index (χ2v) is 5.70. The number of hydrogen-bond donors (Lipinski definition) is 1. The molecule has 1 atom stereocenters. The van der Waals surface area contributed by atoms with Gasteiger partial charge in [0.15, 0.2) is 5.17 Å². The number of ether oxygens (including phenoxy) is 1. The van der Waals surface area contributed by atoms with Gasteiger partial charge in [0.2, 0.25) is 0 Å². The van der Waals surface area contributed by atoms with Crippen LogP contribution in [0.15, 0.2) is 18.2 Å². The minimum absolute atomic E-state index is 0.205. The Hall–Kier alpha value is -1.16. The topological polar surface area (TPSA) is 36.3 Å². The summed E-state index contributed by atoms with van der Waals surface area (Å²) in [5.41, 5.74) is 2.23. The predicted octanol–water partition coefficient (Wildman–Crippen LogP) is 3.66. The van der Waals surface area contributed by atoms with E-state index < -0.39 is 0 Å². The van der Waals surface area contributed by atoms with Crippen LogP contribution in [0, 0.1) is 12.3 Å². The standard InChI is InChI=1S/C14H20N2OS/c1-4-11(3)17-13-6-5-10(2)9-12(13)16-7-8-18-14(16)15/h5-6,9,11,15H,4,7-8H2,1-3H3. The maximum atomic E-state index is 7.97. The highest BCUT2D eigenvalue weighted by atomic mass is 32.2.